The summed E-state index contributed by atoms with van der Waals surface area (Å²) >= 11 is 1.67. The summed E-state index contributed by atoms with van der Waals surface area (Å²) in [5.41, 5.74) is 1.39. The maximum absolute atomic E-state index is 9.13. The first kappa shape index (κ1) is 31.1. The second-order valence-corrected chi connectivity index (χ2v) is 11.3. The number of morpholine rings is 1. The molecule has 4 atom stereocenters. The standard InChI is InChI=1S/C33H38N2O7S/c1-36-27-20-25(21-28(37-2)30(27)38-3)33(35-14-16-40-17-15-35)32(31(39-4)29(42-33)24-8-6-5-7-9-24)41-18-19-43-26-12-10-23(22-34)11-13-26/h5-13,20-21,29,31-32H,14-19H2,1-4H3. The summed E-state index contributed by atoms with van der Waals surface area (Å²) in [6.45, 7) is 2.83. The van der Waals surface area contributed by atoms with Gasteiger partial charge in [-0.15, -0.1) is 11.8 Å². The van der Waals surface area contributed by atoms with Crippen molar-refractivity contribution in [1.82, 2.24) is 4.90 Å². The lowest BCUT2D eigenvalue weighted by Gasteiger charge is -2.46. The van der Waals surface area contributed by atoms with Crippen LogP contribution in [0.2, 0.25) is 0 Å². The fourth-order valence-corrected chi connectivity index (χ4v) is 6.62. The predicted octanol–water partition coefficient (Wildman–Crippen LogP) is 5.03. The van der Waals surface area contributed by atoms with Gasteiger partial charge in [-0.2, -0.15) is 5.26 Å². The number of nitrogens with zero attached hydrogens (tertiary/aromatic N) is 2. The topological polar surface area (TPSA) is 91.6 Å². The average molecular weight is 607 g/mol. The van der Waals surface area contributed by atoms with E-state index in [-0.39, 0.29) is 0 Å². The lowest BCUT2D eigenvalue weighted by molar-refractivity contribution is -0.219. The molecule has 0 radical (unpaired) electrons. The van der Waals surface area contributed by atoms with Crippen LogP contribution in [0.4, 0.5) is 0 Å². The first-order chi connectivity index (χ1) is 21.1. The van der Waals surface area contributed by atoms with Gasteiger partial charge in [0, 0.05) is 36.4 Å². The average Bonchev–Trinajstić information content (AvgIpc) is 3.42. The summed E-state index contributed by atoms with van der Waals surface area (Å²) in [7, 11) is 6.51. The molecule has 2 aliphatic rings. The first-order valence-electron chi connectivity index (χ1n) is 14.2. The van der Waals surface area contributed by atoms with Gasteiger partial charge >= 0.3 is 0 Å². The SMILES string of the molecule is COc1cc(C2(N3CCOCC3)OC(c3ccccc3)C(OC)C2OCCSc2ccc(C#N)cc2)cc(OC)c1OC. The zero-order chi connectivity index (χ0) is 30.2. The smallest absolute Gasteiger partial charge is 0.203 e. The van der Waals surface area contributed by atoms with Crippen LogP contribution >= 0.6 is 11.8 Å². The Hall–Kier alpha value is -3.30. The van der Waals surface area contributed by atoms with Gasteiger partial charge in [0.25, 0.3) is 0 Å². The second kappa shape index (κ2) is 14.4. The number of rotatable bonds is 12. The number of thioether (sulfide) groups is 1. The minimum absolute atomic E-state index is 0.413. The van der Waals surface area contributed by atoms with Crippen molar-refractivity contribution in [2.24, 2.45) is 0 Å². The Balaban J connectivity index is 1.56. The summed E-state index contributed by atoms with van der Waals surface area (Å²) in [6, 6.07) is 23.7. The largest absolute Gasteiger partial charge is 0.493 e. The van der Waals surface area contributed by atoms with E-state index >= 15 is 0 Å². The third-order valence-electron chi connectivity index (χ3n) is 7.88. The maximum atomic E-state index is 9.13. The van der Waals surface area contributed by atoms with Crippen molar-refractivity contribution in [2.45, 2.75) is 28.9 Å². The summed E-state index contributed by atoms with van der Waals surface area (Å²) in [4.78, 5) is 3.35. The van der Waals surface area contributed by atoms with Crippen LogP contribution in [-0.4, -0.2) is 84.2 Å². The minimum Gasteiger partial charge on any atom is -0.493 e. The van der Waals surface area contributed by atoms with E-state index < -0.39 is 24.0 Å². The lowest BCUT2D eigenvalue weighted by atomic mass is 9.90. The highest BCUT2D eigenvalue weighted by Gasteiger charge is 2.61. The molecule has 10 heteroatoms. The molecule has 0 N–H and O–H groups in total. The molecule has 0 aliphatic carbocycles. The summed E-state index contributed by atoms with van der Waals surface area (Å²) in [5, 5.41) is 9.13. The van der Waals surface area contributed by atoms with Crippen LogP contribution in [0.15, 0.2) is 71.6 Å². The Morgan fingerprint density at radius 1 is 0.930 bits per heavy atom. The van der Waals surface area contributed by atoms with Gasteiger partial charge < -0.3 is 33.2 Å². The zero-order valence-corrected chi connectivity index (χ0v) is 25.8. The van der Waals surface area contributed by atoms with Crippen LogP contribution < -0.4 is 14.2 Å². The van der Waals surface area contributed by atoms with Crippen LogP contribution in [0.5, 0.6) is 17.2 Å². The molecule has 0 saturated carbocycles. The molecule has 0 amide bonds. The molecule has 4 unspecified atom stereocenters. The molecule has 0 aromatic heterocycles. The predicted molar refractivity (Wildman–Crippen MR) is 163 cm³/mol. The lowest BCUT2D eigenvalue weighted by Crippen LogP contribution is -2.58. The highest BCUT2D eigenvalue weighted by molar-refractivity contribution is 7.99. The van der Waals surface area contributed by atoms with E-state index in [0.29, 0.717) is 61.5 Å². The Labute approximate surface area is 257 Å². The molecule has 5 rings (SSSR count). The monoisotopic (exact) mass is 606 g/mol. The van der Waals surface area contributed by atoms with Crippen LogP contribution in [0, 0.1) is 11.3 Å². The van der Waals surface area contributed by atoms with Gasteiger partial charge in [0.2, 0.25) is 5.75 Å². The molecule has 3 aromatic rings. The van der Waals surface area contributed by atoms with Crippen molar-refractivity contribution in [1.29, 1.82) is 5.26 Å². The van der Waals surface area contributed by atoms with Crippen molar-refractivity contribution in [3.8, 4) is 23.3 Å². The number of hydrogen-bond donors (Lipinski definition) is 0. The van der Waals surface area contributed by atoms with Crippen LogP contribution in [0.3, 0.4) is 0 Å². The van der Waals surface area contributed by atoms with E-state index in [9.17, 15) is 0 Å². The van der Waals surface area contributed by atoms with Gasteiger partial charge in [-0.1, -0.05) is 30.3 Å². The fraction of sp³-hybridized carbons (Fsp3) is 0.424. The van der Waals surface area contributed by atoms with Gasteiger partial charge in [0.15, 0.2) is 17.2 Å². The summed E-state index contributed by atoms with van der Waals surface area (Å²) in [5.74, 6) is 2.26. The van der Waals surface area contributed by atoms with Crippen LogP contribution in [0.25, 0.3) is 0 Å². The van der Waals surface area contributed by atoms with Gasteiger partial charge in [0.05, 0.1) is 52.8 Å². The molecule has 228 valence electrons. The summed E-state index contributed by atoms with van der Waals surface area (Å²) in [6.07, 6.45) is -1.36. The van der Waals surface area contributed by atoms with Crippen molar-refractivity contribution >= 4 is 11.8 Å². The molecule has 9 nitrogen and oxygen atoms in total. The molecule has 2 saturated heterocycles. The van der Waals surface area contributed by atoms with Crippen LogP contribution in [-0.2, 0) is 24.7 Å². The number of nitriles is 1. The highest BCUT2D eigenvalue weighted by atomic mass is 32.2. The van der Waals surface area contributed by atoms with E-state index in [1.165, 1.54) is 0 Å². The van der Waals surface area contributed by atoms with E-state index in [1.54, 1.807) is 40.2 Å². The third kappa shape index (κ3) is 6.34. The Kier molecular flexibility index (Phi) is 10.5. The molecule has 3 aromatic carbocycles. The Bertz CT molecular complexity index is 1350. The van der Waals surface area contributed by atoms with E-state index in [1.807, 2.05) is 54.6 Å². The quantitative estimate of drug-likeness (QED) is 0.206. The highest BCUT2D eigenvalue weighted by Crippen LogP contribution is 2.53. The fourth-order valence-electron chi connectivity index (χ4n) is 5.88. The molecule has 0 bridgehead atoms. The Morgan fingerprint density at radius 3 is 2.19 bits per heavy atom. The third-order valence-corrected chi connectivity index (χ3v) is 8.86. The Morgan fingerprint density at radius 2 is 1.60 bits per heavy atom. The van der Waals surface area contributed by atoms with Gasteiger partial charge in [0.1, 0.15) is 18.3 Å². The second-order valence-electron chi connectivity index (χ2n) is 10.1. The first-order valence-corrected chi connectivity index (χ1v) is 15.2. The summed E-state index contributed by atoms with van der Waals surface area (Å²) < 4.78 is 43.2. The zero-order valence-electron chi connectivity index (χ0n) is 25.0. The van der Waals surface area contributed by atoms with Gasteiger partial charge in [-0.3, -0.25) is 4.90 Å². The van der Waals surface area contributed by atoms with E-state index in [4.69, 9.17) is 38.4 Å². The molecule has 2 aliphatic heterocycles. The number of hydrogen-bond acceptors (Lipinski definition) is 10. The molecule has 0 spiro atoms. The number of ether oxygens (including phenoxy) is 7. The van der Waals surface area contributed by atoms with Crippen molar-refractivity contribution in [3.63, 3.8) is 0 Å². The van der Waals surface area contributed by atoms with Crippen LogP contribution in [0.1, 0.15) is 22.8 Å². The molecule has 2 fully saturated rings. The number of benzene rings is 3. The molecular formula is C33H38N2O7S. The van der Waals surface area contributed by atoms with Gasteiger partial charge in [-0.25, -0.2) is 0 Å². The van der Waals surface area contributed by atoms with Crippen molar-refractivity contribution < 1.29 is 33.2 Å². The minimum atomic E-state index is -1.06. The number of methoxy groups -OCH3 is 4. The van der Waals surface area contributed by atoms with Crippen molar-refractivity contribution in [2.75, 3.05) is 67.1 Å². The van der Waals surface area contributed by atoms with E-state index in [0.717, 1.165) is 16.0 Å². The maximum Gasteiger partial charge on any atom is 0.203 e. The normalized spacial score (nSPS) is 23.9. The molecule has 43 heavy (non-hydrogen) atoms. The molecular weight excluding hydrogens is 568 g/mol. The molecule has 2 heterocycles. The van der Waals surface area contributed by atoms with E-state index in [2.05, 4.69) is 23.1 Å². The van der Waals surface area contributed by atoms with Gasteiger partial charge in [-0.05, 0) is 42.0 Å². The van der Waals surface area contributed by atoms with Crippen molar-refractivity contribution in [3.05, 3.63) is 83.4 Å².